The average Bonchev–Trinajstić information content (AvgIpc) is 2.01. The molecule has 0 bridgehead atoms. The second-order valence-corrected chi connectivity index (χ2v) is 9.46. The monoisotopic (exact) mass is 232 g/mol. The third-order valence-corrected chi connectivity index (χ3v) is 7.72. The first-order valence-electron chi connectivity index (χ1n) is 6.07. The Kier molecular flexibility index (Phi) is 6.07. The average molecular weight is 232 g/mol. The quantitative estimate of drug-likeness (QED) is 0.645. The van der Waals surface area contributed by atoms with Gasteiger partial charge in [0.15, 0.2) is 0 Å². The minimum Gasteiger partial charge on any atom is -0.394 e. The molecule has 0 radical (unpaired) electrons. The fourth-order valence-corrected chi connectivity index (χ4v) is 5.71. The van der Waals surface area contributed by atoms with Crippen LogP contribution in [0.5, 0.6) is 0 Å². The molecule has 0 heterocycles. The summed E-state index contributed by atoms with van der Waals surface area (Å²) in [6.07, 6.45) is 0. The number of hydrogen-bond acceptors (Lipinski definition) is 2. The van der Waals surface area contributed by atoms with Crippen LogP contribution in [0.15, 0.2) is 0 Å². The van der Waals surface area contributed by atoms with Crippen LogP contribution in [-0.4, -0.2) is 21.8 Å². The zero-order valence-corrected chi connectivity index (χ0v) is 12.5. The van der Waals surface area contributed by atoms with Crippen molar-refractivity contribution in [3.8, 4) is 0 Å². The van der Waals surface area contributed by atoms with Crippen molar-refractivity contribution in [3.63, 3.8) is 0 Å². The van der Waals surface area contributed by atoms with E-state index in [0.29, 0.717) is 5.92 Å². The summed E-state index contributed by atoms with van der Waals surface area (Å²) >= 11 is 0. The second-order valence-electron chi connectivity index (χ2n) is 5.47. The Hall–Kier alpha value is 0.137. The van der Waals surface area contributed by atoms with Crippen molar-refractivity contribution in [2.24, 2.45) is 5.92 Å². The summed E-state index contributed by atoms with van der Waals surface area (Å²) in [5.74, 6) is 0.633. The van der Waals surface area contributed by atoms with E-state index in [9.17, 15) is 0 Å². The van der Waals surface area contributed by atoms with Crippen LogP contribution in [0.2, 0.25) is 11.1 Å². The van der Waals surface area contributed by atoms with E-state index < -0.39 is 8.56 Å². The van der Waals surface area contributed by atoms with Crippen molar-refractivity contribution in [3.05, 3.63) is 0 Å². The first kappa shape index (κ1) is 15.1. The van der Waals surface area contributed by atoms with Crippen LogP contribution in [0.1, 0.15) is 48.5 Å². The van der Waals surface area contributed by atoms with Crippen molar-refractivity contribution < 1.29 is 8.85 Å². The topological polar surface area (TPSA) is 18.5 Å². The molecule has 0 rings (SSSR count). The van der Waals surface area contributed by atoms with Gasteiger partial charge in [-0.25, -0.2) is 0 Å². The van der Waals surface area contributed by atoms with Crippen LogP contribution in [0.25, 0.3) is 0 Å². The molecule has 0 amide bonds. The van der Waals surface area contributed by atoms with E-state index in [1.165, 1.54) is 0 Å². The van der Waals surface area contributed by atoms with Crippen molar-refractivity contribution in [1.82, 2.24) is 0 Å². The van der Waals surface area contributed by atoms with Crippen molar-refractivity contribution in [2.75, 3.05) is 13.2 Å². The Morgan fingerprint density at radius 2 is 1.40 bits per heavy atom. The lowest BCUT2D eigenvalue weighted by Crippen LogP contribution is -2.51. The van der Waals surface area contributed by atoms with Gasteiger partial charge in [0, 0.05) is 18.3 Å². The molecule has 0 aromatic rings. The van der Waals surface area contributed by atoms with Gasteiger partial charge in [-0.3, -0.25) is 0 Å². The Balaban J connectivity index is 4.89. The highest BCUT2D eigenvalue weighted by Gasteiger charge is 2.49. The van der Waals surface area contributed by atoms with Gasteiger partial charge >= 0.3 is 8.56 Å². The molecule has 0 fully saturated rings. The highest BCUT2D eigenvalue weighted by atomic mass is 28.4. The van der Waals surface area contributed by atoms with E-state index >= 15 is 0 Å². The van der Waals surface area contributed by atoms with Gasteiger partial charge in [-0.2, -0.15) is 0 Å². The van der Waals surface area contributed by atoms with Gasteiger partial charge in [-0.1, -0.05) is 34.6 Å². The molecular formula is C12H28O2Si. The molecule has 0 saturated carbocycles. The predicted octanol–water partition coefficient (Wildman–Crippen LogP) is 3.96. The molecule has 3 heteroatoms. The van der Waals surface area contributed by atoms with Gasteiger partial charge in [-0.05, 0) is 25.8 Å². The first-order valence-corrected chi connectivity index (χ1v) is 8.09. The van der Waals surface area contributed by atoms with Gasteiger partial charge in [0.1, 0.15) is 0 Å². The Morgan fingerprint density at radius 1 is 1.00 bits per heavy atom. The maximum atomic E-state index is 6.06. The van der Waals surface area contributed by atoms with E-state index in [-0.39, 0.29) is 5.04 Å². The fourth-order valence-electron chi connectivity index (χ4n) is 1.90. The molecule has 15 heavy (non-hydrogen) atoms. The number of hydrogen-bond donors (Lipinski definition) is 0. The second kappa shape index (κ2) is 6.02. The molecule has 0 unspecified atom stereocenters. The predicted molar refractivity (Wildman–Crippen MR) is 68.4 cm³/mol. The molecule has 0 spiro atoms. The van der Waals surface area contributed by atoms with Crippen molar-refractivity contribution in [2.45, 2.75) is 59.5 Å². The minimum absolute atomic E-state index is 0.142. The minimum atomic E-state index is -2.06. The summed E-state index contributed by atoms with van der Waals surface area (Å²) in [7, 11) is -2.06. The lowest BCUT2D eigenvalue weighted by atomic mass is 10.2. The van der Waals surface area contributed by atoms with Gasteiger partial charge in [0.2, 0.25) is 0 Å². The maximum absolute atomic E-state index is 6.06. The van der Waals surface area contributed by atoms with E-state index in [0.717, 1.165) is 19.3 Å². The van der Waals surface area contributed by atoms with Gasteiger partial charge < -0.3 is 8.85 Å². The van der Waals surface area contributed by atoms with Crippen LogP contribution in [0, 0.1) is 5.92 Å². The van der Waals surface area contributed by atoms with Gasteiger partial charge in [-0.15, -0.1) is 0 Å². The summed E-state index contributed by atoms with van der Waals surface area (Å²) in [5, 5.41) is 0.142. The third kappa shape index (κ3) is 4.25. The SMILES string of the molecule is CCO[Si](CC(C)C)(OCC)C(C)(C)C. The normalized spacial score (nSPS) is 13.6. The molecule has 0 saturated heterocycles. The molecule has 0 aliphatic rings. The lowest BCUT2D eigenvalue weighted by Gasteiger charge is -2.41. The summed E-state index contributed by atoms with van der Waals surface area (Å²) in [4.78, 5) is 0. The van der Waals surface area contributed by atoms with Gasteiger partial charge in [0.05, 0.1) is 0 Å². The molecule has 0 atom stereocenters. The molecule has 0 aliphatic heterocycles. The van der Waals surface area contributed by atoms with E-state index in [2.05, 4.69) is 48.5 Å². The standard InChI is InChI=1S/C12H28O2Si/c1-8-13-15(14-9-2,10-11(3)4)12(5,6)7/h11H,8-10H2,1-7H3. The highest BCUT2D eigenvalue weighted by molar-refractivity contribution is 6.70. The summed E-state index contributed by atoms with van der Waals surface area (Å²) in [6.45, 7) is 16.9. The zero-order chi connectivity index (χ0) is 12.1. The van der Waals surface area contributed by atoms with E-state index in [1.807, 2.05) is 0 Å². The van der Waals surface area contributed by atoms with Crippen molar-refractivity contribution >= 4 is 8.56 Å². The molecule has 2 nitrogen and oxygen atoms in total. The molecule has 0 N–H and O–H groups in total. The maximum Gasteiger partial charge on any atom is 0.343 e. The smallest absolute Gasteiger partial charge is 0.343 e. The third-order valence-electron chi connectivity index (χ3n) is 2.57. The molecule has 0 aliphatic carbocycles. The summed E-state index contributed by atoms with van der Waals surface area (Å²) in [5.41, 5.74) is 0. The van der Waals surface area contributed by atoms with E-state index in [4.69, 9.17) is 8.85 Å². The molecule has 0 aromatic carbocycles. The summed E-state index contributed by atoms with van der Waals surface area (Å²) < 4.78 is 12.1. The fraction of sp³-hybridized carbons (Fsp3) is 1.00. The molecule has 0 aromatic heterocycles. The summed E-state index contributed by atoms with van der Waals surface area (Å²) in [6, 6.07) is 1.08. The molecular weight excluding hydrogens is 204 g/mol. The van der Waals surface area contributed by atoms with Crippen LogP contribution in [-0.2, 0) is 8.85 Å². The van der Waals surface area contributed by atoms with Crippen LogP contribution < -0.4 is 0 Å². The largest absolute Gasteiger partial charge is 0.394 e. The van der Waals surface area contributed by atoms with E-state index in [1.54, 1.807) is 0 Å². The highest BCUT2D eigenvalue weighted by Crippen LogP contribution is 2.42. The van der Waals surface area contributed by atoms with Crippen LogP contribution in [0.4, 0.5) is 0 Å². The number of rotatable bonds is 6. The first-order chi connectivity index (χ1) is 6.79. The lowest BCUT2D eigenvalue weighted by molar-refractivity contribution is 0.156. The van der Waals surface area contributed by atoms with Crippen LogP contribution >= 0.6 is 0 Å². The zero-order valence-electron chi connectivity index (χ0n) is 11.5. The van der Waals surface area contributed by atoms with Crippen molar-refractivity contribution in [1.29, 1.82) is 0 Å². The van der Waals surface area contributed by atoms with Crippen LogP contribution in [0.3, 0.4) is 0 Å². The Bertz CT molecular complexity index is 167. The Labute approximate surface area is 96.6 Å². The Morgan fingerprint density at radius 3 is 1.60 bits per heavy atom. The molecule has 92 valence electrons. The van der Waals surface area contributed by atoms with Gasteiger partial charge in [0.25, 0.3) is 0 Å².